The molecule has 0 saturated heterocycles. The van der Waals surface area contributed by atoms with Crippen molar-refractivity contribution in [2.75, 3.05) is 17.7 Å². The zero-order valence-electron chi connectivity index (χ0n) is 21.0. The third-order valence-corrected chi connectivity index (χ3v) is 7.35. The highest BCUT2D eigenvalue weighted by atomic mass is 35.5. The molecule has 3 aromatic rings. The maximum atomic E-state index is 13.4. The molecule has 8 heteroatoms. The van der Waals surface area contributed by atoms with Gasteiger partial charge in [-0.05, 0) is 42.7 Å². The van der Waals surface area contributed by atoms with Crippen LogP contribution in [-0.4, -0.2) is 24.2 Å². The van der Waals surface area contributed by atoms with Gasteiger partial charge in [-0.25, -0.2) is 4.79 Å². The van der Waals surface area contributed by atoms with Gasteiger partial charge >= 0.3 is 5.97 Å². The zero-order chi connectivity index (χ0) is 27.1. The van der Waals surface area contributed by atoms with E-state index in [0.717, 1.165) is 16.8 Å². The van der Waals surface area contributed by atoms with E-state index in [9.17, 15) is 14.9 Å². The number of hydrogen-bond acceptors (Lipinski definition) is 6. The van der Waals surface area contributed by atoms with Gasteiger partial charge in [0.15, 0.2) is 0 Å². The third-order valence-electron chi connectivity index (χ3n) is 5.99. The quantitative estimate of drug-likeness (QED) is 0.319. The van der Waals surface area contributed by atoms with Gasteiger partial charge in [0, 0.05) is 10.7 Å². The Morgan fingerprint density at radius 1 is 1.05 bits per heavy atom. The van der Waals surface area contributed by atoms with E-state index in [0.29, 0.717) is 21.3 Å². The van der Waals surface area contributed by atoms with Crippen molar-refractivity contribution in [2.45, 2.75) is 19.8 Å². The highest BCUT2D eigenvalue weighted by molar-refractivity contribution is 8.03. The summed E-state index contributed by atoms with van der Waals surface area (Å²) in [5.41, 5.74) is 4.11. The van der Waals surface area contributed by atoms with Gasteiger partial charge in [0.2, 0.25) is 5.91 Å². The number of nitrogens with one attached hydrogen (secondary N) is 2. The van der Waals surface area contributed by atoms with Crippen LogP contribution in [0.4, 0.5) is 5.69 Å². The van der Waals surface area contributed by atoms with E-state index in [4.69, 9.17) is 16.3 Å². The predicted molar refractivity (Wildman–Crippen MR) is 152 cm³/mol. The van der Waals surface area contributed by atoms with E-state index in [1.807, 2.05) is 67.6 Å². The molecule has 1 aliphatic heterocycles. The van der Waals surface area contributed by atoms with Crippen LogP contribution in [0.3, 0.4) is 0 Å². The maximum Gasteiger partial charge on any atom is 0.337 e. The van der Waals surface area contributed by atoms with Crippen LogP contribution in [0.25, 0.3) is 5.70 Å². The first-order valence-corrected chi connectivity index (χ1v) is 13.4. The van der Waals surface area contributed by atoms with Crippen LogP contribution in [0.2, 0.25) is 5.02 Å². The number of para-hydroxylation sites is 1. The Hall–Kier alpha value is -3.99. The summed E-state index contributed by atoms with van der Waals surface area (Å²) in [6, 6.07) is 26.3. The number of nitriles is 1. The highest BCUT2D eigenvalue weighted by Crippen LogP contribution is 2.45. The van der Waals surface area contributed by atoms with Gasteiger partial charge in [0.1, 0.15) is 0 Å². The lowest BCUT2D eigenvalue weighted by Crippen LogP contribution is -2.30. The Morgan fingerprint density at radius 3 is 2.42 bits per heavy atom. The molecule has 0 aromatic heterocycles. The van der Waals surface area contributed by atoms with Crippen LogP contribution in [0.1, 0.15) is 29.5 Å². The number of dihydropyridines is 1. The van der Waals surface area contributed by atoms with Crippen molar-refractivity contribution < 1.29 is 14.3 Å². The fourth-order valence-electron chi connectivity index (χ4n) is 4.22. The van der Waals surface area contributed by atoms with E-state index in [-0.39, 0.29) is 29.4 Å². The summed E-state index contributed by atoms with van der Waals surface area (Å²) < 4.78 is 5.45. The van der Waals surface area contributed by atoms with Gasteiger partial charge in [-0.1, -0.05) is 90.1 Å². The van der Waals surface area contributed by atoms with Crippen molar-refractivity contribution in [1.29, 1.82) is 5.26 Å². The molecule has 38 heavy (non-hydrogen) atoms. The van der Waals surface area contributed by atoms with E-state index in [1.54, 1.807) is 25.1 Å². The summed E-state index contributed by atoms with van der Waals surface area (Å²) in [6.45, 7) is 3.83. The number of esters is 1. The number of amides is 1. The summed E-state index contributed by atoms with van der Waals surface area (Å²) in [4.78, 5) is 26.2. The second kappa shape index (κ2) is 12.5. The van der Waals surface area contributed by atoms with Crippen LogP contribution in [-0.2, 0) is 14.3 Å². The SMILES string of the molecule is CCOC(=O)C1=C(c2ccccc2)NC(SCC(=O)Nc2ccccc2C)=C(C#N)[C@@H]1c1ccccc1Cl. The number of allylic oxidation sites excluding steroid dienone is 1. The molecular weight excluding hydrogens is 518 g/mol. The lowest BCUT2D eigenvalue weighted by Gasteiger charge is -2.31. The first-order valence-electron chi connectivity index (χ1n) is 12.0. The largest absolute Gasteiger partial charge is 0.463 e. The molecule has 1 atom stereocenters. The molecule has 0 fully saturated rings. The topological polar surface area (TPSA) is 91.2 Å². The number of hydrogen-bond donors (Lipinski definition) is 2. The van der Waals surface area contributed by atoms with Crippen molar-refractivity contribution in [1.82, 2.24) is 5.32 Å². The van der Waals surface area contributed by atoms with E-state index < -0.39 is 11.9 Å². The van der Waals surface area contributed by atoms with Crippen molar-refractivity contribution >= 4 is 46.6 Å². The molecule has 1 amide bonds. The predicted octanol–water partition coefficient (Wildman–Crippen LogP) is 6.42. The number of carbonyl (C=O) groups excluding carboxylic acids is 2. The number of benzene rings is 3. The minimum atomic E-state index is -0.786. The van der Waals surface area contributed by atoms with E-state index in [2.05, 4.69) is 16.7 Å². The molecule has 2 N–H and O–H groups in total. The molecule has 0 radical (unpaired) electrons. The molecule has 1 aliphatic rings. The summed E-state index contributed by atoms with van der Waals surface area (Å²) in [6.07, 6.45) is 0. The first kappa shape index (κ1) is 27.1. The first-order chi connectivity index (χ1) is 18.4. The lowest BCUT2D eigenvalue weighted by molar-refractivity contribution is -0.138. The second-order valence-electron chi connectivity index (χ2n) is 8.46. The van der Waals surface area contributed by atoms with Crippen molar-refractivity contribution in [3.05, 3.63) is 117 Å². The van der Waals surface area contributed by atoms with Crippen LogP contribution in [0.15, 0.2) is 95.0 Å². The maximum absolute atomic E-state index is 13.4. The normalized spacial score (nSPS) is 14.9. The second-order valence-corrected chi connectivity index (χ2v) is 9.85. The standard InChI is InChI=1S/C30H26ClN3O3S/c1-3-37-30(36)27-26(21-14-8-9-15-23(21)31)22(17-32)29(34-28(27)20-12-5-4-6-13-20)38-18-25(35)33-24-16-10-7-11-19(24)2/h4-16,26,34H,3,18H2,1-2H3,(H,33,35)/t26-/m0/s1. The fraction of sp³-hybridized carbons (Fsp3) is 0.167. The summed E-state index contributed by atoms with van der Waals surface area (Å²) in [5, 5.41) is 17.4. The Labute approximate surface area is 231 Å². The third kappa shape index (κ3) is 5.94. The average molecular weight is 544 g/mol. The molecular formula is C30H26ClN3O3S. The average Bonchev–Trinajstić information content (AvgIpc) is 2.93. The number of aryl methyl sites for hydroxylation is 1. The van der Waals surface area contributed by atoms with Gasteiger partial charge in [-0.3, -0.25) is 4.79 Å². The van der Waals surface area contributed by atoms with E-state index in [1.165, 1.54) is 11.8 Å². The van der Waals surface area contributed by atoms with Gasteiger partial charge < -0.3 is 15.4 Å². The molecule has 0 bridgehead atoms. The molecule has 0 saturated carbocycles. The smallest absolute Gasteiger partial charge is 0.337 e. The lowest BCUT2D eigenvalue weighted by atomic mass is 9.81. The van der Waals surface area contributed by atoms with Crippen LogP contribution < -0.4 is 10.6 Å². The van der Waals surface area contributed by atoms with Gasteiger partial charge in [0.25, 0.3) is 0 Å². The van der Waals surface area contributed by atoms with Crippen LogP contribution in [0.5, 0.6) is 0 Å². The Morgan fingerprint density at radius 2 is 1.74 bits per heavy atom. The van der Waals surface area contributed by atoms with E-state index >= 15 is 0 Å². The number of nitrogens with zero attached hydrogens (tertiary/aromatic N) is 1. The van der Waals surface area contributed by atoms with Gasteiger partial charge in [-0.15, -0.1) is 0 Å². The van der Waals surface area contributed by atoms with Crippen molar-refractivity contribution in [3.63, 3.8) is 0 Å². The molecule has 1 heterocycles. The van der Waals surface area contributed by atoms with Gasteiger partial charge in [0.05, 0.1) is 46.2 Å². The number of rotatable bonds is 8. The number of carbonyl (C=O) groups is 2. The minimum Gasteiger partial charge on any atom is -0.463 e. The summed E-state index contributed by atoms with van der Waals surface area (Å²) in [5.74, 6) is -1.50. The Kier molecular flexibility index (Phi) is 8.90. The number of anilines is 1. The molecule has 3 aromatic carbocycles. The van der Waals surface area contributed by atoms with Crippen molar-refractivity contribution in [2.24, 2.45) is 0 Å². The fourth-order valence-corrected chi connectivity index (χ4v) is 5.30. The molecule has 6 nitrogen and oxygen atoms in total. The molecule has 4 rings (SSSR count). The number of halogens is 1. The van der Waals surface area contributed by atoms with Crippen molar-refractivity contribution in [3.8, 4) is 6.07 Å². The molecule has 0 unspecified atom stereocenters. The minimum absolute atomic E-state index is 0.0495. The van der Waals surface area contributed by atoms with Crippen LogP contribution >= 0.6 is 23.4 Å². The number of thioether (sulfide) groups is 1. The highest BCUT2D eigenvalue weighted by Gasteiger charge is 2.38. The monoisotopic (exact) mass is 543 g/mol. The van der Waals surface area contributed by atoms with Gasteiger partial charge in [-0.2, -0.15) is 5.26 Å². The number of ether oxygens (including phenoxy) is 1. The molecule has 0 spiro atoms. The summed E-state index contributed by atoms with van der Waals surface area (Å²) >= 11 is 7.80. The Balaban J connectivity index is 1.78. The van der Waals surface area contributed by atoms with Crippen LogP contribution in [0, 0.1) is 18.3 Å². The zero-order valence-corrected chi connectivity index (χ0v) is 22.5. The molecule has 192 valence electrons. The Bertz CT molecular complexity index is 1460. The molecule has 0 aliphatic carbocycles. The summed E-state index contributed by atoms with van der Waals surface area (Å²) in [7, 11) is 0.